The van der Waals surface area contributed by atoms with Crippen LogP contribution in [0.5, 0.6) is 5.75 Å². The molecule has 1 aliphatic rings. The van der Waals surface area contributed by atoms with Crippen molar-refractivity contribution in [2.24, 2.45) is 0 Å². The van der Waals surface area contributed by atoms with E-state index in [1.807, 2.05) is 77.2 Å². The molecule has 252 valence electrons. The van der Waals surface area contributed by atoms with E-state index in [0.29, 0.717) is 39.4 Å². The quantitative estimate of drug-likeness (QED) is 0.175. The number of carbonyl (C=O) groups is 1. The maximum atomic E-state index is 13.3. The summed E-state index contributed by atoms with van der Waals surface area (Å²) in [5.74, 6) is -0.870. The fourth-order valence-electron chi connectivity index (χ4n) is 4.73. The number of ether oxygens (including phenoxy) is 1. The van der Waals surface area contributed by atoms with Crippen molar-refractivity contribution in [1.82, 2.24) is 20.0 Å². The highest BCUT2D eigenvalue weighted by atomic mass is 35.5. The Morgan fingerprint density at radius 2 is 1.51 bits per heavy atom. The first kappa shape index (κ1) is 36.3. The Labute approximate surface area is 283 Å². The Kier molecular flexibility index (Phi) is 12.4. The molecule has 0 saturated carbocycles. The molecule has 4 aromatic rings. The first-order valence-corrected chi connectivity index (χ1v) is 18.5. The van der Waals surface area contributed by atoms with Gasteiger partial charge in [0.1, 0.15) is 18.2 Å². The molecular formula is C31H34Cl2N4O8S2. The summed E-state index contributed by atoms with van der Waals surface area (Å²) in [5, 5.41) is 2.97. The lowest BCUT2D eigenvalue weighted by Gasteiger charge is -2.26. The summed E-state index contributed by atoms with van der Waals surface area (Å²) < 4.78 is 63.3. The number of halogens is 2. The molecule has 47 heavy (non-hydrogen) atoms. The number of rotatable bonds is 10. The number of nitrogens with one attached hydrogen (secondary N) is 1. The molecule has 12 nitrogen and oxygen atoms in total. The standard InChI is InChI=1S/C29H28Cl2N4O2.C2H6O6S2/c1-20-27(29(36)33-34-16-6-3-7-17-34)32-28(25-15-10-22(30)18-26(25)31)35(20)23-11-13-24(14-12-23)37-19-21-8-4-2-5-9-21;3-9(4,5)1-2-10(6,7)8/h2,4-5,8-15,18H,3,6-7,16-17,19H2,1H3,(H,33,36);1-2H2,(H,3,4,5)(H,6,7,8). The number of piperidine rings is 1. The molecule has 1 amide bonds. The minimum Gasteiger partial charge on any atom is -0.489 e. The van der Waals surface area contributed by atoms with E-state index in [4.69, 9.17) is 42.0 Å². The highest BCUT2D eigenvalue weighted by Gasteiger charge is 2.25. The fraction of sp³-hybridized carbons (Fsp3) is 0.290. The van der Waals surface area contributed by atoms with Crippen molar-refractivity contribution < 1.29 is 35.5 Å². The Morgan fingerprint density at radius 3 is 2.09 bits per heavy atom. The fourth-order valence-corrected chi connectivity index (χ4v) is 6.91. The first-order chi connectivity index (χ1) is 22.2. The Morgan fingerprint density at radius 1 is 0.894 bits per heavy atom. The van der Waals surface area contributed by atoms with Crippen molar-refractivity contribution in [3.63, 3.8) is 0 Å². The molecular weight excluding hydrogens is 691 g/mol. The second-order valence-corrected chi connectivity index (χ2v) is 14.6. The lowest BCUT2D eigenvalue weighted by Crippen LogP contribution is -2.45. The zero-order valence-corrected chi connectivity index (χ0v) is 28.5. The van der Waals surface area contributed by atoms with Gasteiger partial charge in [-0.1, -0.05) is 60.0 Å². The molecule has 2 heterocycles. The molecule has 0 bridgehead atoms. The van der Waals surface area contributed by atoms with Crippen LogP contribution in [0.3, 0.4) is 0 Å². The number of imidazole rings is 1. The monoisotopic (exact) mass is 724 g/mol. The SMILES string of the molecule is Cc1c(C(=O)NN2CCCCC2)nc(-c2ccc(Cl)cc2Cl)n1-c1ccc(OCc2ccccc2)cc1.O=S(=O)(O)CCS(=O)(=O)O. The average Bonchev–Trinajstić information content (AvgIpc) is 3.36. The first-order valence-electron chi connectivity index (χ1n) is 14.5. The average molecular weight is 726 g/mol. The maximum Gasteiger partial charge on any atom is 0.286 e. The number of hydrogen-bond acceptors (Lipinski definition) is 8. The highest BCUT2D eigenvalue weighted by Crippen LogP contribution is 2.33. The second kappa shape index (κ2) is 16.1. The van der Waals surface area contributed by atoms with Crippen LogP contribution in [0, 0.1) is 6.92 Å². The molecule has 3 aromatic carbocycles. The van der Waals surface area contributed by atoms with Crippen LogP contribution < -0.4 is 10.2 Å². The predicted octanol–water partition coefficient (Wildman–Crippen LogP) is 5.63. The van der Waals surface area contributed by atoms with E-state index in [-0.39, 0.29) is 5.91 Å². The number of benzene rings is 3. The van der Waals surface area contributed by atoms with Crippen LogP contribution in [-0.2, 0) is 26.8 Å². The molecule has 1 aliphatic heterocycles. The maximum absolute atomic E-state index is 13.3. The van der Waals surface area contributed by atoms with Crippen LogP contribution >= 0.6 is 23.2 Å². The van der Waals surface area contributed by atoms with E-state index in [1.54, 1.807) is 12.1 Å². The van der Waals surface area contributed by atoms with E-state index >= 15 is 0 Å². The number of hydrazine groups is 1. The summed E-state index contributed by atoms with van der Waals surface area (Å²) in [6.45, 7) is 4.06. The van der Waals surface area contributed by atoms with Gasteiger partial charge in [-0.3, -0.25) is 23.9 Å². The minimum atomic E-state index is -4.30. The molecule has 3 N–H and O–H groups in total. The van der Waals surface area contributed by atoms with Crippen LogP contribution in [0.15, 0.2) is 72.8 Å². The highest BCUT2D eigenvalue weighted by molar-refractivity contribution is 7.89. The lowest BCUT2D eigenvalue weighted by atomic mass is 10.2. The van der Waals surface area contributed by atoms with Crippen molar-refractivity contribution in [1.29, 1.82) is 0 Å². The van der Waals surface area contributed by atoms with Crippen molar-refractivity contribution >= 4 is 49.3 Å². The Balaban J connectivity index is 0.000000434. The topological polar surface area (TPSA) is 168 Å². The summed E-state index contributed by atoms with van der Waals surface area (Å²) >= 11 is 12.7. The third-order valence-corrected chi connectivity index (χ3v) is 9.30. The normalized spacial score (nSPS) is 13.8. The van der Waals surface area contributed by atoms with E-state index in [2.05, 4.69) is 5.43 Å². The third kappa shape index (κ3) is 11.0. The number of hydrogen-bond donors (Lipinski definition) is 3. The number of carbonyl (C=O) groups excluding carboxylic acids is 1. The summed E-state index contributed by atoms with van der Waals surface area (Å²) in [7, 11) is -8.59. The van der Waals surface area contributed by atoms with Crippen molar-refractivity contribution in [3.05, 3.63) is 99.8 Å². The molecule has 0 atom stereocenters. The van der Waals surface area contributed by atoms with E-state index in [9.17, 15) is 21.6 Å². The largest absolute Gasteiger partial charge is 0.489 e. The molecule has 5 rings (SSSR count). The molecule has 0 radical (unpaired) electrons. The summed E-state index contributed by atoms with van der Waals surface area (Å²) in [6.07, 6.45) is 3.32. The Bertz CT molecular complexity index is 1870. The second-order valence-electron chi connectivity index (χ2n) is 10.7. The van der Waals surface area contributed by atoms with Gasteiger partial charge in [0.15, 0.2) is 5.69 Å². The van der Waals surface area contributed by atoms with Gasteiger partial charge in [0.2, 0.25) is 0 Å². The van der Waals surface area contributed by atoms with Gasteiger partial charge < -0.3 is 4.74 Å². The molecule has 0 spiro atoms. The van der Waals surface area contributed by atoms with Gasteiger partial charge in [0, 0.05) is 29.4 Å². The zero-order valence-electron chi connectivity index (χ0n) is 25.3. The van der Waals surface area contributed by atoms with Crippen LogP contribution in [-0.4, -0.2) is 71.0 Å². The van der Waals surface area contributed by atoms with Crippen molar-refractivity contribution in [2.45, 2.75) is 32.8 Å². The van der Waals surface area contributed by atoms with Crippen LogP contribution in [0.25, 0.3) is 17.1 Å². The molecule has 1 aromatic heterocycles. The number of aromatic nitrogens is 2. The van der Waals surface area contributed by atoms with Gasteiger partial charge in [-0.15, -0.1) is 0 Å². The van der Waals surface area contributed by atoms with Gasteiger partial charge in [-0.2, -0.15) is 16.8 Å². The predicted molar refractivity (Wildman–Crippen MR) is 180 cm³/mol. The minimum absolute atomic E-state index is 0.229. The van der Waals surface area contributed by atoms with Crippen molar-refractivity contribution in [3.8, 4) is 22.8 Å². The summed E-state index contributed by atoms with van der Waals surface area (Å²) in [4.78, 5) is 18.0. The van der Waals surface area contributed by atoms with E-state index in [0.717, 1.165) is 42.9 Å². The summed E-state index contributed by atoms with van der Waals surface area (Å²) in [5.41, 5.74) is 6.73. The Hall–Kier alpha value is -3.50. The number of nitrogens with zero attached hydrogens (tertiary/aromatic N) is 3. The van der Waals surface area contributed by atoms with Gasteiger partial charge in [-0.05, 0) is 67.8 Å². The smallest absolute Gasteiger partial charge is 0.286 e. The van der Waals surface area contributed by atoms with E-state index < -0.39 is 31.7 Å². The third-order valence-electron chi connectivity index (χ3n) is 7.05. The molecule has 1 fully saturated rings. The van der Waals surface area contributed by atoms with Gasteiger partial charge >= 0.3 is 0 Å². The molecule has 16 heteroatoms. The molecule has 0 unspecified atom stereocenters. The van der Waals surface area contributed by atoms with Crippen molar-refractivity contribution in [2.75, 3.05) is 24.6 Å². The number of amides is 1. The van der Waals surface area contributed by atoms with Crippen LogP contribution in [0.4, 0.5) is 0 Å². The lowest BCUT2D eigenvalue weighted by molar-refractivity contribution is 0.0744. The van der Waals surface area contributed by atoms with E-state index in [1.165, 1.54) is 6.42 Å². The van der Waals surface area contributed by atoms with Crippen LogP contribution in [0.1, 0.15) is 41.0 Å². The molecule has 0 aliphatic carbocycles. The molecule has 1 saturated heterocycles. The zero-order chi connectivity index (χ0) is 34.2. The van der Waals surface area contributed by atoms with Gasteiger partial charge in [0.05, 0.1) is 22.2 Å². The van der Waals surface area contributed by atoms with Gasteiger partial charge in [0.25, 0.3) is 26.1 Å². The van der Waals surface area contributed by atoms with Gasteiger partial charge in [-0.25, -0.2) is 9.99 Å². The van der Waals surface area contributed by atoms with Crippen LogP contribution in [0.2, 0.25) is 10.0 Å². The summed E-state index contributed by atoms with van der Waals surface area (Å²) in [6, 6.07) is 23.0.